The number of carbonyl (C=O) groups is 1. The largest absolute Gasteiger partial charge is 0.497 e. The number of amides is 1. The third-order valence-electron chi connectivity index (χ3n) is 4.20. The second-order valence-electron chi connectivity index (χ2n) is 5.99. The fourth-order valence-electron chi connectivity index (χ4n) is 2.48. The predicted octanol–water partition coefficient (Wildman–Crippen LogP) is 5.20. The number of hydrogen-bond donors (Lipinski definition) is 1. The lowest BCUT2D eigenvalue weighted by atomic mass is 10.1. The van der Waals surface area contributed by atoms with Crippen LogP contribution in [0.3, 0.4) is 0 Å². The number of aryl methyl sites for hydroxylation is 1. The van der Waals surface area contributed by atoms with E-state index in [4.69, 9.17) is 9.47 Å². The summed E-state index contributed by atoms with van der Waals surface area (Å²) < 4.78 is 10.9. The van der Waals surface area contributed by atoms with Crippen LogP contribution in [0.25, 0.3) is 0 Å². The zero-order valence-corrected chi connectivity index (χ0v) is 15.9. The van der Waals surface area contributed by atoms with E-state index in [1.54, 1.807) is 7.11 Å². The minimum absolute atomic E-state index is 0.0978. The Labute approximate surface area is 157 Å². The van der Waals surface area contributed by atoms with Crippen LogP contribution in [-0.4, -0.2) is 13.0 Å². The van der Waals surface area contributed by atoms with Gasteiger partial charge >= 0.3 is 0 Å². The van der Waals surface area contributed by atoms with Crippen molar-refractivity contribution in [1.29, 1.82) is 0 Å². The number of benzene rings is 2. The van der Waals surface area contributed by atoms with Crippen LogP contribution in [0.2, 0.25) is 0 Å². The van der Waals surface area contributed by atoms with Gasteiger partial charge in [-0.3, -0.25) is 4.79 Å². The van der Waals surface area contributed by atoms with Gasteiger partial charge < -0.3 is 14.8 Å². The molecule has 0 aliphatic heterocycles. The molecule has 0 saturated carbocycles. The predicted molar refractivity (Wildman–Crippen MR) is 106 cm³/mol. The van der Waals surface area contributed by atoms with E-state index in [1.807, 2.05) is 67.8 Å². The maximum absolute atomic E-state index is 12.5. The summed E-state index contributed by atoms with van der Waals surface area (Å²) in [6, 6.07) is 15.2. The number of methoxy groups -OCH3 is 1. The monoisotopic (exact) mass is 367 g/mol. The van der Waals surface area contributed by atoms with Crippen molar-refractivity contribution in [1.82, 2.24) is 0 Å². The second-order valence-corrected chi connectivity index (χ2v) is 6.90. The van der Waals surface area contributed by atoms with Gasteiger partial charge in [0.2, 0.25) is 0 Å². The van der Waals surface area contributed by atoms with Crippen LogP contribution in [0, 0.1) is 13.8 Å². The number of rotatable bonds is 6. The molecule has 0 fully saturated rings. The van der Waals surface area contributed by atoms with Gasteiger partial charge in [0.05, 0.1) is 12.0 Å². The third kappa shape index (κ3) is 4.24. The molecule has 0 aliphatic carbocycles. The van der Waals surface area contributed by atoms with Crippen LogP contribution in [0.1, 0.15) is 26.4 Å². The van der Waals surface area contributed by atoms with Crippen LogP contribution < -0.4 is 14.8 Å². The van der Waals surface area contributed by atoms with Gasteiger partial charge in [-0.2, -0.15) is 0 Å². The average Bonchev–Trinajstić information content (AvgIpc) is 3.13. The summed E-state index contributed by atoms with van der Waals surface area (Å²) in [6.45, 7) is 4.46. The average molecular weight is 367 g/mol. The molecule has 1 heterocycles. The molecular formula is C21H21NO3S. The number of anilines is 1. The SMILES string of the molecule is COc1ccc(OCc2csc(C(=O)Nc3cccc(C)c3C)c2)cc1. The van der Waals surface area contributed by atoms with Crippen molar-refractivity contribution in [3.05, 3.63) is 75.5 Å². The van der Waals surface area contributed by atoms with E-state index in [1.165, 1.54) is 11.3 Å². The maximum atomic E-state index is 12.5. The van der Waals surface area contributed by atoms with Crippen molar-refractivity contribution in [2.24, 2.45) is 0 Å². The molecule has 0 aliphatic rings. The van der Waals surface area contributed by atoms with Crippen molar-refractivity contribution in [3.8, 4) is 11.5 Å². The summed E-state index contributed by atoms with van der Waals surface area (Å²) in [7, 11) is 1.63. The summed E-state index contributed by atoms with van der Waals surface area (Å²) in [5, 5.41) is 4.93. The van der Waals surface area contributed by atoms with E-state index in [-0.39, 0.29) is 5.91 Å². The van der Waals surface area contributed by atoms with Crippen molar-refractivity contribution in [3.63, 3.8) is 0 Å². The van der Waals surface area contributed by atoms with Crippen molar-refractivity contribution >= 4 is 22.9 Å². The van der Waals surface area contributed by atoms with E-state index in [0.29, 0.717) is 11.5 Å². The number of ether oxygens (including phenoxy) is 2. The molecule has 0 unspecified atom stereocenters. The highest BCUT2D eigenvalue weighted by Crippen LogP contribution is 2.23. The molecule has 1 aromatic heterocycles. The quantitative estimate of drug-likeness (QED) is 0.651. The van der Waals surface area contributed by atoms with Crippen LogP contribution in [0.5, 0.6) is 11.5 Å². The molecule has 1 N–H and O–H groups in total. The molecule has 0 atom stereocenters. The fourth-order valence-corrected chi connectivity index (χ4v) is 3.27. The van der Waals surface area contributed by atoms with E-state index >= 15 is 0 Å². The first-order chi connectivity index (χ1) is 12.6. The van der Waals surface area contributed by atoms with Gasteiger partial charge in [0.15, 0.2) is 0 Å². The lowest BCUT2D eigenvalue weighted by molar-refractivity contribution is 0.103. The van der Waals surface area contributed by atoms with E-state index < -0.39 is 0 Å². The summed E-state index contributed by atoms with van der Waals surface area (Å²) in [4.78, 5) is 13.1. The second kappa shape index (κ2) is 8.06. The zero-order valence-electron chi connectivity index (χ0n) is 15.0. The number of carbonyl (C=O) groups excluding carboxylic acids is 1. The maximum Gasteiger partial charge on any atom is 0.265 e. The van der Waals surface area contributed by atoms with Gasteiger partial charge in [0.1, 0.15) is 18.1 Å². The molecule has 0 bridgehead atoms. The zero-order chi connectivity index (χ0) is 18.5. The van der Waals surface area contributed by atoms with Crippen molar-refractivity contribution in [2.45, 2.75) is 20.5 Å². The first kappa shape index (κ1) is 18.0. The first-order valence-electron chi connectivity index (χ1n) is 8.28. The van der Waals surface area contributed by atoms with E-state index in [2.05, 4.69) is 5.32 Å². The van der Waals surface area contributed by atoms with Gasteiger partial charge in [-0.05, 0) is 66.8 Å². The Kier molecular flexibility index (Phi) is 5.58. The minimum atomic E-state index is -0.0978. The molecule has 2 aromatic carbocycles. The van der Waals surface area contributed by atoms with Gasteiger partial charge in [0, 0.05) is 11.3 Å². The smallest absolute Gasteiger partial charge is 0.265 e. The van der Waals surface area contributed by atoms with Crippen LogP contribution in [0.15, 0.2) is 53.9 Å². The van der Waals surface area contributed by atoms with Crippen LogP contribution >= 0.6 is 11.3 Å². The Morgan fingerprint density at radius 2 is 1.81 bits per heavy atom. The Balaban J connectivity index is 1.61. The summed E-state index contributed by atoms with van der Waals surface area (Å²) >= 11 is 1.42. The molecule has 5 heteroatoms. The van der Waals surface area contributed by atoms with Gasteiger partial charge in [-0.15, -0.1) is 11.3 Å². The molecule has 0 spiro atoms. The normalized spacial score (nSPS) is 10.4. The van der Waals surface area contributed by atoms with E-state index in [9.17, 15) is 4.79 Å². The number of nitrogens with one attached hydrogen (secondary N) is 1. The van der Waals surface area contributed by atoms with Crippen LogP contribution in [-0.2, 0) is 6.61 Å². The number of hydrogen-bond acceptors (Lipinski definition) is 4. The molecular weight excluding hydrogens is 346 g/mol. The summed E-state index contributed by atoms with van der Waals surface area (Å²) in [5.41, 5.74) is 4.05. The molecule has 26 heavy (non-hydrogen) atoms. The van der Waals surface area contributed by atoms with Crippen LogP contribution in [0.4, 0.5) is 5.69 Å². The summed E-state index contributed by atoms with van der Waals surface area (Å²) in [6.07, 6.45) is 0. The number of thiophene rings is 1. The standard InChI is InChI=1S/C21H21NO3S/c1-14-5-4-6-19(15(14)2)22-21(23)20-11-16(13-26-20)12-25-18-9-7-17(24-3)8-10-18/h4-11,13H,12H2,1-3H3,(H,22,23). The molecule has 134 valence electrons. The molecule has 3 rings (SSSR count). The Hall–Kier alpha value is -2.79. The molecule has 1 amide bonds. The van der Waals surface area contributed by atoms with Crippen molar-refractivity contribution < 1.29 is 14.3 Å². The van der Waals surface area contributed by atoms with E-state index in [0.717, 1.165) is 33.9 Å². The highest BCUT2D eigenvalue weighted by molar-refractivity contribution is 7.12. The van der Waals surface area contributed by atoms with Gasteiger partial charge in [-0.1, -0.05) is 12.1 Å². The highest BCUT2D eigenvalue weighted by atomic mass is 32.1. The molecule has 0 saturated heterocycles. The molecule has 4 nitrogen and oxygen atoms in total. The van der Waals surface area contributed by atoms with Gasteiger partial charge in [0.25, 0.3) is 5.91 Å². The highest BCUT2D eigenvalue weighted by Gasteiger charge is 2.11. The van der Waals surface area contributed by atoms with Gasteiger partial charge in [-0.25, -0.2) is 0 Å². The minimum Gasteiger partial charge on any atom is -0.497 e. The van der Waals surface area contributed by atoms with Crippen molar-refractivity contribution in [2.75, 3.05) is 12.4 Å². The molecule has 3 aromatic rings. The fraction of sp³-hybridized carbons (Fsp3) is 0.190. The Bertz CT molecular complexity index is 900. The Morgan fingerprint density at radius 3 is 2.54 bits per heavy atom. The summed E-state index contributed by atoms with van der Waals surface area (Å²) in [5.74, 6) is 1.45. The topological polar surface area (TPSA) is 47.6 Å². The molecule has 0 radical (unpaired) electrons. The lowest BCUT2D eigenvalue weighted by Gasteiger charge is -2.09. The third-order valence-corrected chi connectivity index (χ3v) is 5.17. The lowest BCUT2D eigenvalue weighted by Crippen LogP contribution is -2.11. The first-order valence-corrected chi connectivity index (χ1v) is 9.16. The Morgan fingerprint density at radius 1 is 1.08 bits per heavy atom.